The van der Waals surface area contributed by atoms with Gasteiger partial charge in [-0.25, -0.2) is 0 Å². The highest BCUT2D eigenvalue weighted by Gasteiger charge is 2.47. The highest BCUT2D eigenvalue weighted by molar-refractivity contribution is 5.94. The van der Waals surface area contributed by atoms with E-state index in [0.29, 0.717) is 36.0 Å². The van der Waals surface area contributed by atoms with E-state index in [4.69, 9.17) is 0 Å². The average Bonchev–Trinajstić information content (AvgIpc) is 2.82. The number of likely N-dealkylation sites (tertiary alicyclic amines) is 1. The van der Waals surface area contributed by atoms with Gasteiger partial charge in [-0.15, -0.1) is 0 Å². The minimum absolute atomic E-state index is 0.0257. The zero-order chi connectivity index (χ0) is 21.4. The molecule has 164 valence electrons. The second-order valence-electron chi connectivity index (χ2n) is 9.56. The number of hydrogen-bond donors (Lipinski definition) is 0. The lowest BCUT2D eigenvalue weighted by Crippen LogP contribution is -2.64. The van der Waals surface area contributed by atoms with Crippen molar-refractivity contribution in [2.75, 3.05) is 19.6 Å². The number of amides is 1. The van der Waals surface area contributed by atoms with Crippen molar-refractivity contribution in [3.05, 3.63) is 70.1 Å². The minimum Gasteiger partial charge on any atom is -0.338 e. The van der Waals surface area contributed by atoms with Crippen molar-refractivity contribution in [3.8, 4) is 0 Å². The Bertz CT molecular complexity index is 986. The van der Waals surface area contributed by atoms with Crippen LogP contribution in [0.15, 0.2) is 53.5 Å². The Morgan fingerprint density at radius 1 is 1.06 bits per heavy atom. The zero-order valence-corrected chi connectivity index (χ0v) is 18.5. The van der Waals surface area contributed by atoms with Gasteiger partial charge in [0.25, 0.3) is 11.5 Å². The van der Waals surface area contributed by atoms with Crippen LogP contribution in [0.25, 0.3) is 0 Å². The first-order valence-electron chi connectivity index (χ1n) is 11.9. The molecule has 3 saturated heterocycles. The molecule has 5 heteroatoms. The van der Waals surface area contributed by atoms with E-state index in [1.54, 1.807) is 10.8 Å². The molecule has 1 amide bonds. The average molecular weight is 420 g/mol. The molecule has 2 bridgehead atoms. The molecule has 5 nitrogen and oxygen atoms in total. The largest absolute Gasteiger partial charge is 0.338 e. The maximum absolute atomic E-state index is 13.4. The van der Waals surface area contributed by atoms with Gasteiger partial charge in [0.15, 0.2) is 0 Å². The number of carbonyl (C=O) groups is 1. The molecule has 0 unspecified atom stereocenters. The summed E-state index contributed by atoms with van der Waals surface area (Å²) in [7, 11) is 0. The topological polar surface area (TPSA) is 45.6 Å². The second kappa shape index (κ2) is 8.62. The molecule has 3 aliphatic heterocycles. The van der Waals surface area contributed by atoms with Gasteiger partial charge in [-0.3, -0.25) is 14.5 Å². The summed E-state index contributed by atoms with van der Waals surface area (Å²) in [5, 5.41) is 0. The zero-order valence-electron chi connectivity index (χ0n) is 18.5. The third-order valence-corrected chi connectivity index (χ3v) is 7.78. The van der Waals surface area contributed by atoms with Crippen molar-refractivity contribution in [2.24, 2.45) is 11.8 Å². The molecule has 31 heavy (non-hydrogen) atoms. The van der Waals surface area contributed by atoms with E-state index in [1.807, 2.05) is 17.9 Å². The van der Waals surface area contributed by atoms with Gasteiger partial charge in [-0.05, 0) is 62.6 Å². The van der Waals surface area contributed by atoms with Gasteiger partial charge in [-0.1, -0.05) is 36.8 Å². The van der Waals surface area contributed by atoms with Crippen LogP contribution < -0.4 is 5.56 Å². The molecule has 5 rings (SSSR count). The van der Waals surface area contributed by atoms with Gasteiger partial charge in [0.1, 0.15) is 0 Å². The number of benzene rings is 1. The molecular formula is C26H33N3O2. The molecule has 1 aromatic heterocycles. The molecule has 0 aliphatic carbocycles. The van der Waals surface area contributed by atoms with Gasteiger partial charge in [0.2, 0.25) is 0 Å². The Kier molecular flexibility index (Phi) is 5.70. The molecule has 0 saturated carbocycles. The minimum atomic E-state index is -0.0917. The number of nitrogens with zero attached hydrogens (tertiary/aromatic N) is 3. The molecule has 4 heterocycles. The van der Waals surface area contributed by atoms with Crippen molar-refractivity contribution in [3.63, 3.8) is 0 Å². The summed E-state index contributed by atoms with van der Waals surface area (Å²) in [6, 6.07) is 15.2. The van der Waals surface area contributed by atoms with E-state index in [1.165, 1.54) is 43.9 Å². The highest BCUT2D eigenvalue weighted by Crippen LogP contribution is 2.42. The van der Waals surface area contributed by atoms with Crippen molar-refractivity contribution in [2.45, 2.75) is 57.7 Å². The van der Waals surface area contributed by atoms with Crippen molar-refractivity contribution >= 4 is 5.91 Å². The summed E-state index contributed by atoms with van der Waals surface area (Å²) in [6.07, 6.45) is 7.86. The standard InChI is InChI=1S/C26H33N3O2/c1-2-27-13-11-20(16-25(27)30)26(31)28-17-21-15-22(18-28)24(14-19-8-4-3-5-9-19)29-12-7-6-10-23(21)29/h3-5,8-9,11,13,16,21-24H,2,6-7,10,12,14-15,17-18H2,1H3/t21-,22+,23+,24+/m1/s1. The van der Waals surface area contributed by atoms with Gasteiger partial charge >= 0.3 is 0 Å². The van der Waals surface area contributed by atoms with Crippen LogP contribution in [0.1, 0.15) is 48.5 Å². The lowest BCUT2D eigenvalue weighted by molar-refractivity contribution is -0.0642. The fraction of sp³-hybridized carbons (Fsp3) is 0.538. The molecule has 1 aromatic carbocycles. The highest BCUT2D eigenvalue weighted by atomic mass is 16.2. The smallest absolute Gasteiger partial charge is 0.254 e. The maximum Gasteiger partial charge on any atom is 0.254 e. The number of rotatable bonds is 4. The van der Waals surface area contributed by atoms with Gasteiger partial charge in [-0.2, -0.15) is 0 Å². The summed E-state index contributed by atoms with van der Waals surface area (Å²) < 4.78 is 1.64. The molecule has 4 atom stereocenters. The molecule has 3 fully saturated rings. The fourth-order valence-corrected chi connectivity index (χ4v) is 6.29. The second-order valence-corrected chi connectivity index (χ2v) is 9.56. The first kappa shape index (κ1) is 20.5. The Morgan fingerprint density at radius 2 is 1.87 bits per heavy atom. The summed E-state index contributed by atoms with van der Waals surface area (Å²) in [5.74, 6) is 1.07. The molecular weight excluding hydrogens is 386 g/mol. The van der Waals surface area contributed by atoms with Crippen LogP contribution in [0, 0.1) is 11.8 Å². The van der Waals surface area contributed by atoms with Gasteiger partial charge in [0, 0.05) is 49.5 Å². The Labute approximate surface area is 184 Å². The predicted molar refractivity (Wildman–Crippen MR) is 122 cm³/mol. The SMILES string of the molecule is CCn1ccc(C(=O)N2C[C@H]3C[C@@H](C2)[C@H](Cc2ccccc2)N2CCCC[C@@H]32)cc1=O. The van der Waals surface area contributed by atoms with Gasteiger partial charge < -0.3 is 9.47 Å². The third kappa shape index (κ3) is 3.96. The number of pyridine rings is 1. The summed E-state index contributed by atoms with van der Waals surface area (Å²) in [5.41, 5.74) is 1.84. The monoisotopic (exact) mass is 419 g/mol. The van der Waals surface area contributed by atoms with Crippen LogP contribution in [0.5, 0.6) is 0 Å². The Balaban J connectivity index is 1.40. The van der Waals surface area contributed by atoms with E-state index in [-0.39, 0.29) is 11.5 Å². The normalized spacial score (nSPS) is 28.2. The van der Waals surface area contributed by atoms with E-state index in [0.717, 1.165) is 19.5 Å². The van der Waals surface area contributed by atoms with Crippen molar-refractivity contribution in [1.29, 1.82) is 0 Å². The number of fused-ring (bicyclic) bond motifs is 4. The van der Waals surface area contributed by atoms with E-state index >= 15 is 0 Å². The molecule has 0 N–H and O–H groups in total. The fourth-order valence-electron chi connectivity index (χ4n) is 6.29. The number of hydrogen-bond acceptors (Lipinski definition) is 3. The van der Waals surface area contributed by atoms with Crippen LogP contribution in [0.3, 0.4) is 0 Å². The summed E-state index contributed by atoms with van der Waals surface area (Å²) in [6.45, 7) is 5.38. The van der Waals surface area contributed by atoms with E-state index in [2.05, 4.69) is 35.2 Å². The van der Waals surface area contributed by atoms with E-state index in [9.17, 15) is 9.59 Å². The molecule has 3 aliphatic rings. The lowest BCUT2D eigenvalue weighted by Gasteiger charge is -2.57. The first-order chi connectivity index (χ1) is 15.1. The van der Waals surface area contributed by atoms with Crippen molar-refractivity contribution < 1.29 is 4.79 Å². The maximum atomic E-state index is 13.4. The van der Waals surface area contributed by atoms with Crippen LogP contribution in [-0.2, 0) is 13.0 Å². The summed E-state index contributed by atoms with van der Waals surface area (Å²) in [4.78, 5) is 30.5. The Hall–Kier alpha value is -2.40. The van der Waals surface area contributed by atoms with Crippen LogP contribution in [0.2, 0.25) is 0 Å². The number of aromatic nitrogens is 1. The Morgan fingerprint density at radius 3 is 2.65 bits per heavy atom. The number of piperidine rings is 3. The number of carbonyl (C=O) groups excluding carboxylic acids is 1. The van der Waals surface area contributed by atoms with Crippen LogP contribution >= 0.6 is 0 Å². The quantitative estimate of drug-likeness (QED) is 0.763. The summed E-state index contributed by atoms with van der Waals surface area (Å²) >= 11 is 0. The molecule has 0 radical (unpaired) electrons. The van der Waals surface area contributed by atoms with Crippen molar-refractivity contribution in [1.82, 2.24) is 14.4 Å². The van der Waals surface area contributed by atoms with Crippen LogP contribution in [0.4, 0.5) is 0 Å². The number of aryl methyl sites for hydroxylation is 1. The van der Waals surface area contributed by atoms with E-state index < -0.39 is 0 Å². The predicted octanol–water partition coefficient (Wildman–Crippen LogP) is 3.43. The third-order valence-electron chi connectivity index (χ3n) is 7.78. The molecule has 0 spiro atoms. The first-order valence-corrected chi connectivity index (χ1v) is 11.9. The van der Waals surface area contributed by atoms with Gasteiger partial charge in [0.05, 0.1) is 0 Å². The molecule has 2 aromatic rings. The lowest BCUT2D eigenvalue weighted by atomic mass is 9.71. The van der Waals surface area contributed by atoms with Crippen LogP contribution in [-0.4, -0.2) is 52.0 Å².